The Bertz CT molecular complexity index is 603. The van der Waals surface area contributed by atoms with Crippen molar-refractivity contribution in [2.75, 3.05) is 13.7 Å². The summed E-state index contributed by atoms with van der Waals surface area (Å²) >= 11 is 3.49. The Labute approximate surface area is 133 Å². The Morgan fingerprint density at radius 1 is 1.24 bits per heavy atom. The van der Waals surface area contributed by atoms with Gasteiger partial charge >= 0.3 is 0 Å². The number of benzene rings is 2. The first-order valence-electron chi connectivity index (χ1n) is 6.95. The van der Waals surface area contributed by atoms with Crippen LogP contribution in [0.15, 0.2) is 46.9 Å². The smallest absolute Gasteiger partial charge is 0.123 e. The minimum Gasteiger partial charge on any atom is -0.496 e. The number of ether oxygens (including phenoxy) is 1. The topological polar surface area (TPSA) is 21.3 Å². The fourth-order valence-electron chi connectivity index (χ4n) is 2.40. The van der Waals surface area contributed by atoms with Crippen molar-refractivity contribution in [2.24, 2.45) is 0 Å². The van der Waals surface area contributed by atoms with E-state index in [-0.39, 0.29) is 11.9 Å². The van der Waals surface area contributed by atoms with E-state index in [1.165, 1.54) is 6.07 Å². The molecular formula is C17H19BrFNO. The molecule has 0 saturated heterocycles. The largest absolute Gasteiger partial charge is 0.496 e. The molecule has 2 rings (SSSR count). The van der Waals surface area contributed by atoms with Crippen LogP contribution in [-0.4, -0.2) is 13.7 Å². The van der Waals surface area contributed by atoms with Crippen molar-refractivity contribution < 1.29 is 9.13 Å². The molecule has 0 aliphatic carbocycles. The van der Waals surface area contributed by atoms with Crippen molar-refractivity contribution in [1.29, 1.82) is 0 Å². The van der Waals surface area contributed by atoms with Gasteiger partial charge in [0.1, 0.15) is 11.6 Å². The van der Waals surface area contributed by atoms with Crippen molar-refractivity contribution in [1.82, 2.24) is 5.32 Å². The summed E-state index contributed by atoms with van der Waals surface area (Å²) in [6.07, 6.45) is 0.736. The van der Waals surface area contributed by atoms with Crippen LogP contribution in [0.25, 0.3) is 0 Å². The van der Waals surface area contributed by atoms with E-state index in [4.69, 9.17) is 4.74 Å². The Hall–Kier alpha value is -1.39. The van der Waals surface area contributed by atoms with E-state index in [0.717, 1.165) is 34.3 Å². The van der Waals surface area contributed by atoms with Gasteiger partial charge in [0.15, 0.2) is 0 Å². The summed E-state index contributed by atoms with van der Waals surface area (Å²) in [6, 6.07) is 12.7. The van der Waals surface area contributed by atoms with E-state index in [2.05, 4.69) is 21.2 Å². The van der Waals surface area contributed by atoms with Gasteiger partial charge in [-0.2, -0.15) is 0 Å². The third-order valence-corrected chi connectivity index (χ3v) is 3.86. The Morgan fingerprint density at radius 3 is 2.71 bits per heavy atom. The van der Waals surface area contributed by atoms with Crippen LogP contribution in [-0.2, 0) is 6.42 Å². The van der Waals surface area contributed by atoms with Crippen molar-refractivity contribution >= 4 is 15.9 Å². The molecule has 0 bridgehead atoms. The highest BCUT2D eigenvalue weighted by atomic mass is 79.9. The lowest BCUT2D eigenvalue weighted by Crippen LogP contribution is -2.23. The van der Waals surface area contributed by atoms with Crippen molar-refractivity contribution in [3.05, 3.63) is 63.9 Å². The van der Waals surface area contributed by atoms with Gasteiger partial charge in [0.05, 0.1) is 7.11 Å². The average molecular weight is 352 g/mol. The standard InChI is InChI=1S/C17H19BrFNO/c1-3-20-16(12-5-4-6-15(19)10-12)11-13-9-14(18)7-8-17(13)21-2/h4-10,16,20H,3,11H2,1-2H3. The van der Waals surface area contributed by atoms with Gasteiger partial charge in [-0.05, 0) is 54.4 Å². The van der Waals surface area contributed by atoms with Gasteiger partial charge in [0.25, 0.3) is 0 Å². The van der Waals surface area contributed by atoms with Crippen LogP contribution < -0.4 is 10.1 Å². The summed E-state index contributed by atoms with van der Waals surface area (Å²) in [5.41, 5.74) is 2.03. The first kappa shape index (κ1) is 16.0. The maximum Gasteiger partial charge on any atom is 0.123 e. The number of hydrogen-bond donors (Lipinski definition) is 1. The molecule has 4 heteroatoms. The molecule has 112 valence electrons. The monoisotopic (exact) mass is 351 g/mol. The van der Waals surface area contributed by atoms with Crippen LogP contribution >= 0.6 is 15.9 Å². The molecule has 2 aromatic rings. The van der Waals surface area contributed by atoms with Gasteiger partial charge in [-0.3, -0.25) is 0 Å². The second-order valence-electron chi connectivity index (χ2n) is 4.83. The molecule has 2 aromatic carbocycles. The molecule has 0 heterocycles. The highest BCUT2D eigenvalue weighted by molar-refractivity contribution is 9.10. The normalized spacial score (nSPS) is 12.2. The fourth-order valence-corrected chi connectivity index (χ4v) is 2.81. The van der Waals surface area contributed by atoms with Crippen LogP contribution in [0.5, 0.6) is 5.75 Å². The number of halogens is 2. The van der Waals surface area contributed by atoms with E-state index in [1.54, 1.807) is 19.2 Å². The molecule has 0 aliphatic heterocycles. The van der Waals surface area contributed by atoms with Gasteiger partial charge in [-0.1, -0.05) is 35.0 Å². The average Bonchev–Trinajstić information content (AvgIpc) is 2.47. The number of nitrogens with one attached hydrogen (secondary N) is 1. The third kappa shape index (κ3) is 4.29. The lowest BCUT2D eigenvalue weighted by Gasteiger charge is -2.20. The molecule has 0 amide bonds. The molecule has 0 radical (unpaired) electrons. The summed E-state index contributed by atoms with van der Waals surface area (Å²) in [6.45, 7) is 2.86. The van der Waals surface area contributed by atoms with Gasteiger partial charge in [-0.15, -0.1) is 0 Å². The molecule has 1 unspecified atom stereocenters. The molecular weight excluding hydrogens is 333 g/mol. The number of likely N-dealkylation sites (N-methyl/N-ethyl adjacent to an activating group) is 1. The molecule has 0 aromatic heterocycles. The van der Waals surface area contributed by atoms with Crippen LogP contribution in [0.3, 0.4) is 0 Å². The zero-order chi connectivity index (χ0) is 15.2. The van der Waals surface area contributed by atoms with Crippen LogP contribution in [0.4, 0.5) is 4.39 Å². The molecule has 1 atom stereocenters. The SMILES string of the molecule is CCNC(Cc1cc(Br)ccc1OC)c1cccc(F)c1. The summed E-state index contributed by atoms with van der Waals surface area (Å²) in [5, 5.41) is 3.41. The van der Waals surface area contributed by atoms with Gasteiger partial charge in [0.2, 0.25) is 0 Å². The van der Waals surface area contributed by atoms with Crippen LogP contribution in [0.2, 0.25) is 0 Å². The highest BCUT2D eigenvalue weighted by Crippen LogP contribution is 2.28. The van der Waals surface area contributed by atoms with E-state index >= 15 is 0 Å². The molecule has 21 heavy (non-hydrogen) atoms. The van der Waals surface area contributed by atoms with E-state index in [0.29, 0.717) is 0 Å². The summed E-state index contributed by atoms with van der Waals surface area (Å²) in [7, 11) is 1.66. The predicted molar refractivity (Wildman–Crippen MR) is 87.2 cm³/mol. The Balaban J connectivity index is 2.30. The van der Waals surface area contributed by atoms with Gasteiger partial charge in [-0.25, -0.2) is 4.39 Å². The minimum absolute atomic E-state index is 0.0499. The lowest BCUT2D eigenvalue weighted by atomic mass is 9.98. The van der Waals surface area contributed by atoms with Crippen LogP contribution in [0, 0.1) is 5.82 Å². The highest BCUT2D eigenvalue weighted by Gasteiger charge is 2.15. The first-order chi connectivity index (χ1) is 10.1. The third-order valence-electron chi connectivity index (χ3n) is 3.37. The Kier molecular flexibility index (Phi) is 5.76. The summed E-state index contributed by atoms with van der Waals surface area (Å²) in [5.74, 6) is 0.633. The number of rotatable bonds is 6. The molecule has 0 fully saturated rings. The maximum atomic E-state index is 13.5. The number of hydrogen-bond acceptors (Lipinski definition) is 2. The van der Waals surface area contributed by atoms with Crippen molar-refractivity contribution in [3.63, 3.8) is 0 Å². The zero-order valence-corrected chi connectivity index (χ0v) is 13.8. The minimum atomic E-state index is -0.211. The molecule has 1 N–H and O–H groups in total. The molecule has 0 aliphatic rings. The quantitative estimate of drug-likeness (QED) is 0.827. The first-order valence-corrected chi connectivity index (χ1v) is 7.74. The maximum absolute atomic E-state index is 13.5. The summed E-state index contributed by atoms with van der Waals surface area (Å²) in [4.78, 5) is 0. The zero-order valence-electron chi connectivity index (χ0n) is 12.2. The lowest BCUT2D eigenvalue weighted by molar-refractivity contribution is 0.405. The van der Waals surface area contributed by atoms with E-state index in [9.17, 15) is 4.39 Å². The predicted octanol–water partition coefficient (Wildman–Crippen LogP) is 4.49. The second-order valence-corrected chi connectivity index (χ2v) is 5.74. The van der Waals surface area contributed by atoms with Gasteiger partial charge in [0, 0.05) is 10.5 Å². The number of methoxy groups -OCH3 is 1. The molecule has 0 spiro atoms. The summed E-state index contributed by atoms with van der Waals surface area (Å²) < 4.78 is 19.9. The molecule has 2 nitrogen and oxygen atoms in total. The van der Waals surface area contributed by atoms with E-state index < -0.39 is 0 Å². The van der Waals surface area contributed by atoms with Gasteiger partial charge < -0.3 is 10.1 Å². The molecule has 0 saturated carbocycles. The van der Waals surface area contributed by atoms with E-state index in [1.807, 2.05) is 31.2 Å². The van der Waals surface area contributed by atoms with Crippen molar-refractivity contribution in [3.8, 4) is 5.75 Å². The fraction of sp³-hybridized carbons (Fsp3) is 0.294. The van der Waals surface area contributed by atoms with Crippen molar-refractivity contribution in [2.45, 2.75) is 19.4 Å². The van der Waals surface area contributed by atoms with Crippen LogP contribution in [0.1, 0.15) is 24.1 Å². The second kappa shape index (κ2) is 7.57. The Morgan fingerprint density at radius 2 is 2.05 bits per heavy atom.